The highest BCUT2D eigenvalue weighted by Gasteiger charge is 2.15. The molecule has 1 aliphatic rings. The predicted molar refractivity (Wildman–Crippen MR) is 84.3 cm³/mol. The first-order valence-corrected chi connectivity index (χ1v) is 7.33. The van der Waals surface area contributed by atoms with Crippen molar-refractivity contribution in [2.24, 2.45) is 0 Å². The molecule has 1 fully saturated rings. The van der Waals surface area contributed by atoms with Crippen molar-refractivity contribution in [3.63, 3.8) is 0 Å². The maximum Gasteiger partial charge on any atom is 0.138 e. The van der Waals surface area contributed by atoms with Crippen LogP contribution in [-0.4, -0.2) is 29.6 Å². The number of hydrogen-bond acceptors (Lipinski definition) is 2. The number of rotatable bonds is 4. The van der Waals surface area contributed by atoms with Crippen molar-refractivity contribution >= 4 is 28.8 Å². The second-order valence-corrected chi connectivity index (χ2v) is 5.39. The zero-order chi connectivity index (χ0) is 13.7. The molecule has 0 aliphatic carbocycles. The molecule has 2 rings (SSSR count). The summed E-state index contributed by atoms with van der Waals surface area (Å²) in [6.45, 7) is 6.16. The maximum atomic E-state index is 6.21. The van der Waals surface area contributed by atoms with E-state index in [2.05, 4.69) is 11.5 Å². The van der Waals surface area contributed by atoms with Gasteiger partial charge in [-0.2, -0.15) is 0 Å². The van der Waals surface area contributed by atoms with Gasteiger partial charge in [0.25, 0.3) is 0 Å². The van der Waals surface area contributed by atoms with Gasteiger partial charge in [0.05, 0.1) is 5.02 Å². The van der Waals surface area contributed by atoms with E-state index in [1.807, 2.05) is 18.2 Å². The first kappa shape index (κ1) is 14.4. The molecule has 2 nitrogen and oxygen atoms in total. The lowest BCUT2D eigenvalue weighted by Crippen LogP contribution is -2.34. The normalized spacial score (nSPS) is 15.1. The molecule has 0 atom stereocenters. The van der Waals surface area contributed by atoms with Gasteiger partial charge in [-0.1, -0.05) is 36.5 Å². The van der Waals surface area contributed by atoms with Gasteiger partial charge in [0.15, 0.2) is 0 Å². The minimum absolute atomic E-state index is 0.454. The summed E-state index contributed by atoms with van der Waals surface area (Å²) in [4.78, 5) is 3.14. The third kappa shape index (κ3) is 3.71. The molecule has 0 bridgehead atoms. The maximum absolute atomic E-state index is 6.21. The summed E-state index contributed by atoms with van der Waals surface area (Å²) in [5, 5.41) is 0.596. The summed E-state index contributed by atoms with van der Waals surface area (Å²) in [6, 6.07) is 5.73. The Bertz CT molecular complexity index is 469. The highest BCUT2D eigenvalue weighted by Crippen LogP contribution is 2.26. The molecule has 0 aromatic heterocycles. The van der Waals surface area contributed by atoms with Gasteiger partial charge in [0.2, 0.25) is 0 Å². The molecule has 1 aromatic rings. The van der Waals surface area contributed by atoms with Crippen LogP contribution in [0.1, 0.15) is 24.8 Å². The van der Waals surface area contributed by atoms with E-state index in [4.69, 9.17) is 28.6 Å². The van der Waals surface area contributed by atoms with Crippen LogP contribution in [0.15, 0.2) is 30.9 Å². The topological polar surface area (TPSA) is 12.5 Å². The van der Waals surface area contributed by atoms with Crippen molar-refractivity contribution < 1.29 is 4.74 Å². The fourth-order valence-electron chi connectivity index (χ4n) is 2.18. The van der Waals surface area contributed by atoms with Crippen LogP contribution in [-0.2, 0) is 0 Å². The van der Waals surface area contributed by atoms with Crippen molar-refractivity contribution in [3.05, 3.63) is 41.4 Å². The third-order valence-electron chi connectivity index (χ3n) is 3.18. The van der Waals surface area contributed by atoms with Gasteiger partial charge in [0.1, 0.15) is 17.3 Å². The van der Waals surface area contributed by atoms with Crippen molar-refractivity contribution in [2.75, 3.05) is 19.7 Å². The average Bonchev–Trinajstić information content (AvgIpc) is 2.46. The van der Waals surface area contributed by atoms with Gasteiger partial charge in [0, 0.05) is 18.7 Å². The van der Waals surface area contributed by atoms with E-state index in [1.54, 1.807) is 6.08 Å². The number of ether oxygens (including phenoxy) is 1. The van der Waals surface area contributed by atoms with Crippen LogP contribution in [0.2, 0.25) is 5.02 Å². The molecule has 1 saturated heterocycles. The number of halogens is 1. The summed E-state index contributed by atoms with van der Waals surface area (Å²) in [7, 11) is 0. The van der Waals surface area contributed by atoms with E-state index >= 15 is 0 Å². The molecule has 1 aromatic carbocycles. The lowest BCUT2D eigenvalue weighted by Gasteiger charge is -2.29. The molecule has 0 spiro atoms. The van der Waals surface area contributed by atoms with Gasteiger partial charge < -0.3 is 9.64 Å². The first-order valence-electron chi connectivity index (χ1n) is 6.55. The molecular formula is C15H18ClNOS. The molecule has 1 heterocycles. The van der Waals surface area contributed by atoms with Gasteiger partial charge >= 0.3 is 0 Å². The number of nitrogens with zero attached hydrogens (tertiary/aromatic N) is 1. The minimum atomic E-state index is 0.454. The second kappa shape index (κ2) is 6.92. The molecule has 102 valence electrons. The van der Waals surface area contributed by atoms with Crippen LogP contribution in [0, 0.1) is 0 Å². The summed E-state index contributed by atoms with van der Waals surface area (Å²) in [5.74, 6) is 0.673. The van der Waals surface area contributed by atoms with Crippen LogP contribution in [0.25, 0.3) is 0 Å². The molecule has 0 radical (unpaired) electrons. The molecule has 4 heteroatoms. The smallest absolute Gasteiger partial charge is 0.138 e. The highest BCUT2D eigenvalue weighted by atomic mass is 35.5. The van der Waals surface area contributed by atoms with Crippen molar-refractivity contribution in [2.45, 2.75) is 19.3 Å². The lowest BCUT2D eigenvalue weighted by molar-refractivity contribution is 0.347. The monoisotopic (exact) mass is 295 g/mol. The molecule has 0 N–H and O–H groups in total. The van der Waals surface area contributed by atoms with Crippen LogP contribution >= 0.6 is 23.8 Å². The Morgan fingerprint density at radius 1 is 1.37 bits per heavy atom. The van der Waals surface area contributed by atoms with Gasteiger partial charge in [-0.05, 0) is 37.5 Å². The quantitative estimate of drug-likeness (QED) is 0.614. The Balaban J connectivity index is 2.09. The van der Waals surface area contributed by atoms with Gasteiger partial charge in [-0.25, -0.2) is 0 Å². The van der Waals surface area contributed by atoms with E-state index < -0.39 is 0 Å². The Morgan fingerprint density at radius 2 is 2.11 bits per heavy atom. The molecule has 0 unspecified atom stereocenters. The number of benzene rings is 1. The zero-order valence-corrected chi connectivity index (χ0v) is 12.5. The molecular weight excluding hydrogens is 278 g/mol. The van der Waals surface area contributed by atoms with Crippen molar-refractivity contribution in [3.8, 4) is 5.75 Å². The van der Waals surface area contributed by atoms with Crippen molar-refractivity contribution in [1.29, 1.82) is 0 Å². The standard InChI is InChI=1S/C15H18ClNOS/c1-2-10-18-14-7-6-12(11-13(14)16)15(19)17-8-4-3-5-9-17/h2,6-7,11H,1,3-5,8-10H2. The predicted octanol–water partition coefficient (Wildman–Crippen LogP) is 4.07. The van der Waals surface area contributed by atoms with E-state index in [0.717, 1.165) is 23.6 Å². The fraction of sp³-hybridized carbons (Fsp3) is 0.400. The van der Waals surface area contributed by atoms with Crippen molar-refractivity contribution in [1.82, 2.24) is 4.90 Å². The average molecular weight is 296 g/mol. The largest absolute Gasteiger partial charge is 0.488 e. The van der Waals surface area contributed by atoms with Gasteiger partial charge in [-0.3, -0.25) is 0 Å². The number of hydrogen-bond donors (Lipinski definition) is 0. The summed E-state index contributed by atoms with van der Waals surface area (Å²) in [6.07, 6.45) is 5.43. The second-order valence-electron chi connectivity index (χ2n) is 4.60. The molecule has 0 amide bonds. The summed E-state index contributed by atoms with van der Waals surface area (Å²) in [5.41, 5.74) is 0.993. The van der Waals surface area contributed by atoms with E-state index in [9.17, 15) is 0 Å². The number of piperidine rings is 1. The Morgan fingerprint density at radius 3 is 2.74 bits per heavy atom. The molecule has 0 saturated carbocycles. The lowest BCUT2D eigenvalue weighted by atomic mass is 10.1. The Kier molecular flexibility index (Phi) is 5.23. The van der Waals surface area contributed by atoms with Crippen LogP contribution in [0.5, 0.6) is 5.75 Å². The number of thiocarbonyl (C=S) groups is 1. The van der Waals surface area contributed by atoms with Crippen LogP contribution in [0.4, 0.5) is 0 Å². The fourth-order valence-corrected chi connectivity index (χ4v) is 2.72. The van der Waals surface area contributed by atoms with Crippen LogP contribution < -0.4 is 4.74 Å². The Labute approximate surface area is 125 Å². The molecule has 19 heavy (non-hydrogen) atoms. The first-order chi connectivity index (χ1) is 9.22. The van der Waals surface area contributed by atoms with E-state index in [0.29, 0.717) is 17.4 Å². The van der Waals surface area contributed by atoms with Gasteiger partial charge in [-0.15, -0.1) is 0 Å². The number of likely N-dealkylation sites (tertiary alicyclic amines) is 1. The SMILES string of the molecule is C=CCOc1ccc(C(=S)N2CCCCC2)cc1Cl. The summed E-state index contributed by atoms with van der Waals surface area (Å²) < 4.78 is 5.46. The van der Waals surface area contributed by atoms with E-state index in [-0.39, 0.29) is 0 Å². The third-order valence-corrected chi connectivity index (χ3v) is 3.97. The van der Waals surface area contributed by atoms with Crippen LogP contribution in [0.3, 0.4) is 0 Å². The Hall–Kier alpha value is -1.06. The van der Waals surface area contributed by atoms with E-state index in [1.165, 1.54) is 19.3 Å². The minimum Gasteiger partial charge on any atom is -0.488 e. The zero-order valence-electron chi connectivity index (χ0n) is 10.9. The highest BCUT2D eigenvalue weighted by molar-refractivity contribution is 7.80. The molecule has 1 aliphatic heterocycles. The summed E-state index contributed by atoms with van der Waals surface area (Å²) >= 11 is 11.8.